The van der Waals surface area contributed by atoms with Gasteiger partial charge < -0.3 is 5.32 Å². The zero-order chi connectivity index (χ0) is 20.7. The maximum absolute atomic E-state index is 12.6. The van der Waals surface area contributed by atoms with Gasteiger partial charge in [0.25, 0.3) is 5.91 Å². The van der Waals surface area contributed by atoms with Gasteiger partial charge in [0.1, 0.15) is 9.84 Å². The van der Waals surface area contributed by atoms with E-state index >= 15 is 0 Å². The minimum absolute atomic E-state index is 0.0221. The summed E-state index contributed by atoms with van der Waals surface area (Å²) in [6.45, 7) is 4.50. The average molecular weight is 439 g/mol. The van der Waals surface area contributed by atoms with Gasteiger partial charge in [0.05, 0.1) is 15.5 Å². The number of hydrogen-bond acceptors (Lipinski definition) is 5. The fourth-order valence-electron chi connectivity index (χ4n) is 2.51. The number of benzene rings is 1. The molecule has 1 amide bonds. The summed E-state index contributed by atoms with van der Waals surface area (Å²) in [6.07, 6.45) is 3.01. The van der Waals surface area contributed by atoms with Gasteiger partial charge in [-0.2, -0.15) is 4.31 Å². The van der Waals surface area contributed by atoms with E-state index in [9.17, 15) is 21.6 Å². The lowest BCUT2D eigenvalue weighted by atomic mass is 10.2. The Labute approximate surface area is 167 Å². The number of carbonyl (C=O) groups is 1. The lowest BCUT2D eigenvalue weighted by Crippen LogP contribution is -2.31. The number of halogens is 1. The lowest BCUT2D eigenvalue weighted by Gasteiger charge is -2.19. The topological polar surface area (TPSA) is 101 Å². The van der Waals surface area contributed by atoms with Crippen LogP contribution in [-0.2, 0) is 19.9 Å². The van der Waals surface area contributed by atoms with Crippen LogP contribution >= 0.6 is 11.6 Å². The smallest absolute Gasteiger partial charge is 0.252 e. The van der Waals surface area contributed by atoms with E-state index in [1.807, 2.05) is 0 Å². The van der Waals surface area contributed by atoms with Crippen LogP contribution in [0.15, 0.2) is 23.1 Å². The average Bonchev–Trinajstić information content (AvgIpc) is 2.57. The number of rotatable bonds is 11. The molecule has 0 aliphatic carbocycles. The minimum atomic E-state index is -3.68. The number of hydrogen-bond donors (Lipinski definition) is 1. The van der Waals surface area contributed by atoms with Crippen LogP contribution in [0.1, 0.15) is 43.5 Å². The van der Waals surface area contributed by atoms with E-state index in [-0.39, 0.29) is 21.2 Å². The molecule has 1 rings (SSSR count). The van der Waals surface area contributed by atoms with Crippen molar-refractivity contribution >= 4 is 37.4 Å². The molecule has 0 heterocycles. The molecule has 0 aliphatic rings. The van der Waals surface area contributed by atoms with Crippen molar-refractivity contribution in [1.82, 2.24) is 9.62 Å². The number of sulfonamides is 1. The third-order valence-corrected chi connectivity index (χ3v) is 7.41. The van der Waals surface area contributed by atoms with Gasteiger partial charge in [-0.05, 0) is 31.0 Å². The first-order chi connectivity index (χ1) is 12.5. The fourth-order valence-corrected chi connectivity index (χ4v) is 4.93. The molecule has 10 heteroatoms. The van der Waals surface area contributed by atoms with E-state index in [0.29, 0.717) is 38.9 Å². The molecule has 0 aliphatic heterocycles. The number of unbranched alkanes of at least 4 members (excludes halogenated alkanes) is 2. The van der Waals surface area contributed by atoms with Crippen LogP contribution in [0, 0.1) is 0 Å². The van der Waals surface area contributed by atoms with E-state index in [1.54, 1.807) is 13.8 Å². The number of nitrogens with one attached hydrogen (secondary N) is 1. The Morgan fingerprint density at radius 2 is 1.70 bits per heavy atom. The van der Waals surface area contributed by atoms with Gasteiger partial charge in [-0.1, -0.05) is 31.9 Å². The number of amides is 1. The summed E-state index contributed by atoms with van der Waals surface area (Å²) in [7, 11) is -6.65. The van der Waals surface area contributed by atoms with Crippen molar-refractivity contribution in [3.8, 4) is 0 Å². The van der Waals surface area contributed by atoms with Crippen LogP contribution in [0.4, 0.5) is 0 Å². The highest BCUT2D eigenvalue weighted by atomic mass is 35.5. The summed E-state index contributed by atoms with van der Waals surface area (Å²) >= 11 is 6.07. The van der Waals surface area contributed by atoms with Crippen LogP contribution < -0.4 is 5.32 Å². The molecule has 1 N–H and O–H groups in total. The molecular weight excluding hydrogens is 412 g/mol. The Bertz CT molecular complexity index is 850. The summed E-state index contributed by atoms with van der Waals surface area (Å²) in [6, 6.07) is 4.08. The first-order valence-corrected chi connectivity index (χ1v) is 12.7. The van der Waals surface area contributed by atoms with Gasteiger partial charge in [0, 0.05) is 31.6 Å². The largest absolute Gasteiger partial charge is 0.352 e. The minimum Gasteiger partial charge on any atom is -0.352 e. The highest BCUT2D eigenvalue weighted by Crippen LogP contribution is 2.23. The molecule has 154 valence electrons. The third-order valence-electron chi connectivity index (χ3n) is 4.00. The van der Waals surface area contributed by atoms with Crippen molar-refractivity contribution in [2.45, 2.75) is 38.0 Å². The monoisotopic (exact) mass is 438 g/mol. The lowest BCUT2D eigenvalue weighted by molar-refractivity contribution is 0.0953. The summed E-state index contributed by atoms with van der Waals surface area (Å²) in [5.74, 6) is -0.336. The summed E-state index contributed by atoms with van der Waals surface area (Å²) in [5, 5.41) is 2.86. The van der Waals surface area contributed by atoms with Gasteiger partial charge in [0.15, 0.2) is 0 Å². The van der Waals surface area contributed by atoms with Gasteiger partial charge in [-0.3, -0.25) is 4.79 Å². The van der Waals surface area contributed by atoms with Crippen LogP contribution in [0.25, 0.3) is 0 Å². The zero-order valence-corrected chi connectivity index (χ0v) is 18.3. The normalized spacial score (nSPS) is 12.3. The third kappa shape index (κ3) is 7.40. The van der Waals surface area contributed by atoms with Gasteiger partial charge in [-0.15, -0.1) is 0 Å². The van der Waals surface area contributed by atoms with E-state index in [2.05, 4.69) is 5.32 Å². The van der Waals surface area contributed by atoms with Gasteiger partial charge >= 0.3 is 0 Å². The zero-order valence-electron chi connectivity index (χ0n) is 15.9. The molecule has 0 fully saturated rings. The quantitative estimate of drug-likeness (QED) is 0.534. The van der Waals surface area contributed by atoms with Crippen LogP contribution in [0.2, 0.25) is 5.02 Å². The van der Waals surface area contributed by atoms with Gasteiger partial charge in [-0.25, -0.2) is 16.8 Å². The number of sulfone groups is 1. The van der Waals surface area contributed by atoms with Crippen LogP contribution in [0.5, 0.6) is 0 Å². The predicted octanol–water partition coefficient (Wildman–Crippen LogP) is 2.32. The molecule has 0 radical (unpaired) electrons. The molecule has 7 nitrogen and oxygen atoms in total. The highest BCUT2D eigenvalue weighted by molar-refractivity contribution is 7.90. The Hall–Kier alpha value is -1.16. The van der Waals surface area contributed by atoms with Crippen molar-refractivity contribution in [2.75, 3.05) is 31.6 Å². The molecule has 0 atom stereocenters. The molecule has 27 heavy (non-hydrogen) atoms. The van der Waals surface area contributed by atoms with Crippen molar-refractivity contribution in [3.63, 3.8) is 0 Å². The second-order valence-corrected chi connectivity index (χ2v) is 10.8. The predicted molar refractivity (Wildman–Crippen MR) is 107 cm³/mol. The molecular formula is C17H27ClN2O5S2. The molecule has 0 spiro atoms. The van der Waals surface area contributed by atoms with Crippen molar-refractivity contribution in [2.24, 2.45) is 0 Å². The maximum Gasteiger partial charge on any atom is 0.252 e. The molecule has 0 unspecified atom stereocenters. The van der Waals surface area contributed by atoms with E-state index in [4.69, 9.17) is 11.6 Å². The molecule has 0 bridgehead atoms. The second-order valence-electron chi connectivity index (χ2n) is 6.18. The fraction of sp³-hybridized carbons (Fsp3) is 0.588. The molecule has 1 aromatic carbocycles. The van der Waals surface area contributed by atoms with Gasteiger partial charge in [0.2, 0.25) is 10.0 Å². The first kappa shape index (κ1) is 23.9. The molecule has 0 saturated carbocycles. The Morgan fingerprint density at radius 1 is 1.07 bits per heavy atom. The summed E-state index contributed by atoms with van der Waals surface area (Å²) in [5.41, 5.74) is 0.0982. The highest BCUT2D eigenvalue weighted by Gasteiger charge is 2.23. The van der Waals surface area contributed by atoms with Crippen molar-refractivity contribution < 1.29 is 21.6 Å². The van der Waals surface area contributed by atoms with Crippen LogP contribution in [0.3, 0.4) is 0 Å². The van der Waals surface area contributed by atoms with Crippen molar-refractivity contribution in [1.29, 1.82) is 0 Å². The van der Waals surface area contributed by atoms with E-state index < -0.39 is 25.8 Å². The Balaban J connectivity index is 2.75. The SMILES string of the molecule is CCN(CC)S(=O)(=O)c1ccc(Cl)c(C(=O)NCCCCCS(C)(=O)=O)c1. The standard InChI is InChI=1S/C17H27ClN2O5S2/c1-4-20(5-2)27(24,25)14-9-10-16(18)15(13-14)17(21)19-11-7-6-8-12-26(3,22)23/h9-10,13H,4-8,11-12H2,1-3H3,(H,19,21). The Kier molecular flexibility index (Phi) is 9.20. The van der Waals surface area contributed by atoms with Crippen molar-refractivity contribution in [3.05, 3.63) is 28.8 Å². The number of carbonyl (C=O) groups excluding carboxylic acids is 1. The molecule has 0 aromatic heterocycles. The van der Waals surface area contributed by atoms with E-state index in [0.717, 1.165) is 0 Å². The second kappa shape index (κ2) is 10.4. The first-order valence-electron chi connectivity index (χ1n) is 8.78. The molecule has 1 aromatic rings. The summed E-state index contributed by atoms with van der Waals surface area (Å²) in [4.78, 5) is 12.4. The summed E-state index contributed by atoms with van der Waals surface area (Å²) < 4.78 is 48.6. The van der Waals surface area contributed by atoms with E-state index in [1.165, 1.54) is 28.8 Å². The molecule has 0 saturated heterocycles. The Morgan fingerprint density at radius 3 is 2.26 bits per heavy atom. The van der Waals surface area contributed by atoms with Crippen LogP contribution in [-0.4, -0.2) is 58.7 Å². The number of nitrogens with zero attached hydrogens (tertiary/aromatic N) is 1. The maximum atomic E-state index is 12.6.